The van der Waals surface area contributed by atoms with Crippen molar-refractivity contribution < 1.29 is 18.5 Å². The van der Waals surface area contributed by atoms with Crippen molar-refractivity contribution in [1.82, 2.24) is 10.1 Å². The summed E-state index contributed by atoms with van der Waals surface area (Å²) in [7, 11) is 0. The van der Waals surface area contributed by atoms with E-state index < -0.39 is 0 Å². The molecule has 0 saturated carbocycles. The highest BCUT2D eigenvalue weighted by Gasteiger charge is 2.29. The predicted molar refractivity (Wildman–Crippen MR) is 84.9 cm³/mol. The molecular formula is C17H18FN3O3. The van der Waals surface area contributed by atoms with E-state index in [0.29, 0.717) is 36.7 Å². The summed E-state index contributed by atoms with van der Waals surface area (Å²) in [6, 6.07) is 7.07. The molecule has 0 aliphatic carbocycles. The Bertz CT molecular complexity index is 742. The number of benzene rings is 1. The summed E-state index contributed by atoms with van der Waals surface area (Å²) in [4.78, 5) is 26.5. The lowest BCUT2D eigenvalue weighted by Gasteiger charge is -2.32. The van der Waals surface area contributed by atoms with Crippen molar-refractivity contribution in [3.8, 4) is 0 Å². The Morgan fingerprint density at radius 2 is 2.08 bits per heavy atom. The Hall–Kier alpha value is -2.70. The molecule has 6 nitrogen and oxygen atoms in total. The lowest BCUT2D eigenvalue weighted by molar-refractivity contribution is -0.121. The largest absolute Gasteiger partial charge is 0.360 e. The van der Waals surface area contributed by atoms with Gasteiger partial charge in [0.15, 0.2) is 5.82 Å². The van der Waals surface area contributed by atoms with Gasteiger partial charge in [-0.15, -0.1) is 0 Å². The summed E-state index contributed by atoms with van der Waals surface area (Å²) < 4.78 is 17.9. The highest BCUT2D eigenvalue weighted by atomic mass is 19.1. The van der Waals surface area contributed by atoms with E-state index >= 15 is 0 Å². The highest BCUT2D eigenvalue weighted by Crippen LogP contribution is 2.20. The second kappa shape index (κ2) is 6.82. The summed E-state index contributed by atoms with van der Waals surface area (Å²) in [6.07, 6.45) is 1.44. The van der Waals surface area contributed by atoms with Gasteiger partial charge < -0.3 is 14.7 Å². The average molecular weight is 331 g/mol. The van der Waals surface area contributed by atoms with Gasteiger partial charge in [0.1, 0.15) is 11.6 Å². The zero-order valence-electron chi connectivity index (χ0n) is 13.3. The molecule has 3 rings (SSSR count). The number of carbonyl (C=O) groups excluding carboxylic acids is 2. The molecule has 1 aromatic heterocycles. The number of aromatic nitrogens is 1. The van der Waals surface area contributed by atoms with E-state index in [0.717, 1.165) is 6.42 Å². The molecule has 1 aliphatic rings. The second-order valence-corrected chi connectivity index (χ2v) is 5.91. The number of piperidine rings is 1. The number of amides is 2. The van der Waals surface area contributed by atoms with Crippen molar-refractivity contribution >= 4 is 17.6 Å². The molecule has 1 aliphatic heterocycles. The number of aryl methyl sites for hydroxylation is 1. The minimum atomic E-state index is -0.384. The first-order chi connectivity index (χ1) is 11.5. The molecular weight excluding hydrogens is 313 g/mol. The Kier molecular flexibility index (Phi) is 4.59. The van der Waals surface area contributed by atoms with Crippen LogP contribution in [0, 0.1) is 18.7 Å². The first kappa shape index (κ1) is 16.2. The fourth-order valence-electron chi connectivity index (χ4n) is 2.80. The van der Waals surface area contributed by atoms with Gasteiger partial charge in [-0.2, -0.15) is 0 Å². The van der Waals surface area contributed by atoms with Crippen LogP contribution in [-0.2, 0) is 4.79 Å². The molecule has 1 saturated heterocycles. The zero-order valence-corrected chi connectivity index (χ0v) is 13.3. The number of hydrogen-bond donors (Lipinski definition) is 1. The first-order valence-corrected chi connectivity index (χ1v) is 7.82. The molecule has 2 aromatic rings. The number of anilines is 1. The van der Waals surface area contributed by atoms with Crippen LogP contribution in [0.1, 0.15) is 29.0 Å². The number of likely N-dealkylation sites (tertiary alicyclic amines) is 1. The topological polar surface area (TPSA) is 75.4 Å². The van der Waals surface area contributed by atoms with Gasteiger partial charge in [0.2, 0.25) is 5.91 Å². The number of halogens is 1. The fraction of sp³-hybridized carbons (Fsp3) is 0.353. The maximum absolute atomic E-state index is 13.0. The van der Waals surface area contributed by atoms with Crippen molar-refractivity contribution in [2.45, 2.75) is 19.8 Å². The van der Waals surface area contributed by atoms with Gasteiger partial charge in [-0.3, -0.25) is 9.59 Å². The Morgan fingerprint density at radius 3 is 2.75 bits per heavy atom. The minimum absolute atomic E-state index is 0.181. The fourth-order valence-corrected chi connectivity index (χ4v) is 2.80. The predicted octanol–water partition coefficient (Wildman–Crippen LogP) is 2.61. The standard InChI is InChI=1S/C17H18FN3O3/c1-11-9-15(20-24-11)19-16(22)13-3-2-8-21(10-13)17(23)12-4-6-14(18)7-5-12/h4-7,9,13H,2-3,8,10H2,1H3,(H,19,20,22)/t13-/m0/s1. The average Bonchev–Trinajstić information content (AvgIpc) is 3.00. The van der Waals surface area contributed by atoms with Crippen LogP contribution in [0.4, 0.5) is 10.2 Å². The Morgan fingerprint density at radius 1 is 1.33 bits per heavy atom. The molecule has 2 heterocycles. The molecule has 24 heavy (non-hydrogen) atoms. The molecule has 2 amide bonds. The highest BCUT2D eigenvalue weighted by molar-refractivity contribution is 5.96. The van der Waals surface area contributed by atoms with Crippen molar-refractivity contribution in [3.05, 3.63) is 47.5 Å². The van der Waals surface area contributed by atoms with E-state index in [9.17, 15) is 14.0 Å². The molecule has 126 valence electrons. The SMILES string of the molecule is Cc1cc(NC(=O)[C@H]2CCCN(C(=O)c3ccc(F)cc3)C2)no1. The van der Waals surface area contributed by atoms with Crippen LogP contribution in [-0.4, -0.2) is 35.0 Å². The summed E-state index contributed by atoms with van der Waals surface area (Å²) in [5, 5.41) is 6.45. The van der Waals surface area contributed by atoms with Gasteiger partial charge in [0.05, 0.1) is 5.92 Å². The van der Waals surface area contributed by atoms with Gasteiger partial charge in [0, 0.05) is 24.7 Å². The third-order valence-electron chi connectivity index (χ3n) is 4.05. The van der Waals surface area contributed by atoms with Gasteiger partial charge in [-0.25, -0.2) is 4.39 Å². The maximum atomic E-state index is 13.0. The van der Waals surface area contributed by atoms with Gasteiger partial charge in [-0.1, -0.05) is 5.16 Å². The van der Waals surface area contributed by atoms with Gasteiger partial charge >= 0.3 is 0 Å². The van der Waals surface area contributed by atoms with E-state index in [4.69, 9.17) is 4.52 Å². The number of nitrogens with zero attached hydrogens (tertiary/aromatic N) is 2. The molecule has 1 aromatic carbocycles. The lowest BCUT2D eigenvalue weighted by atomic mass is 9.96. The zero-order chi connectivity index (χ0) is 17.1. The molecule has 0 unspecified atom stereocenters. The van der Waals surface area contributed by atoms with E-state index in [1.165, 1.54) is 24.3 Å². The van der Waals surface area contributed by atoms with Gasteiger partial charge in [-0.05, 0) is 44.0 Å². The number of hydrogen-bond acceptors (Lipinski definition) is 4. The molecule has 1 atom stereocenters. The quantitative estimate of drug-likeness (QED) is 0.938. The third kappa shape index (κ3) is 3.61. The molecule has 1 N–H and O–H groups in total. The van der Waals surface area contributed by atoms with Crippen LogP contribution in [0.5, 0.6) is 0 Å². The minimum Gasteiger partial charge on any atom is -0.360 e. The summed E-state index contributed by atoms with van der Waals surface area (Å²) in [5.74, 6) is -0.0725. The van der Waals surface area contributed by atoms with Crippen molar-refractivity contribution in [3.63, 3.8) is 0 Å². The molecule has 0 radical (unpaired) electrons. The van der Waals surface area contributed by atoms with E-state index in [1.807, 2.05) is 0 Å². The molecule has 7 heteroatoms. The van der Waals surface area contributed by atoms with E-state index in [1.54, 1.807) is 17.9 Å². The van der Waals surface area contributed by atoms with Crippen LogP contribution in [0.2, 0.25) is 0 Å². The summed E-state index contributed by atoms with van der Waals surface area (Å²) in [5.41, 5.74) is 0.421. The Labute approximate surface area is 138 Å². The molecule has 0 bridgehead atoms. The first-order valence-electron chi connectivity index (χ1n) is 7.82. The van der Waals surface area contributed by atoms with E-state index in [-0.39, 0.29) is 23.5 Å². The van der Waals surface area contributed by atoms with Crippen LogP contribution in [0.25, 0.3) is 0 Å². The van der Waals surface area contributed by atoms with Crippen molar-refractivity contribution in [2.24, 2.45) is 5.92 Å². The normalized spacial score (nSPS) is 17.6. The third-order valence-corrected chi connectivity index (χ3v) is 4.05. The molecule has 1 fully saturated rings. The van der Waals surface area contributed by atoms with E-state index in [2.05, 4.69) is 10.5 Å². The van der Waals surface area contributed by atoms with Crippen LogP contribution in [0.15, 0.2) is 34.9 Å². The Balaban J connectivity index is 1.64. The van der Waals surface area contributed by atoms with Crippen LogP contribution < -0.4 is 5.32 Å². The smallest absolute Gasteiger partial charge is 0.253 e. The number of nitrogens with one attached hydrogen (secondary N) is 1. The second-order valence-electron chi connectivity index (χ2n) is 5.91. The summed E-state index contributed by atoms with van der Waals surface area (Å²) >= 11 is 0. The van der Waals surface area contributed by atoms with Crippen LogP contribution >= 0.6 is 0 Å². The van der Waals surface area contributed by atoms with Gasteiger partial charge in [0.25, 0.3) is 5.91 Å². The maximum Gasteiger partial charge on any atom is 0.253 e. The number of rotatable bonds is 3. The molecule has 0 spiro atoms. The van der Waals surface area contributed by atoms with Crippen molar-refractivity contribution in [2.75, 3.05) is 18.4 Å². The van der Waals surface area contributed by atoms with Crippen LogP contribution in [0.3, 0.4) is 0 Å². The number of carbonyl (C=O) groups is 2. The monoisotopic (exact) mass is 331 g/mol. The van der Waals surface area contributed by atoms with Crippen molar-refractivity contribution in [1.29, 1.82) is 0 Å². The summed E-state index contributed by atoms with van der Waals surface area (Å²) in [6.45, 7) is 2.66. The lowest BCUT2D eigenvalue weighted by Crippen LogP contribution is -2.43.